The second-order valence-electron chi connectivity index (χ2n) is 4.13. The number of amides is 1. The maximum Gasteiger partial charge on any atom is 0.409 e. The third kappa shape index (κ3) is 4.08. The normalized spacial score (nSPS) is 17.9. The van der Waals surface area contributed by atoms with E-state index in [-0.39, 0.29) is 6.09 Å². The van der Waals surface area contributed by atoms with Gasteiger partial charge in [-0.1, -0.05) is 13.3 Å². The number of hydrogen-bond acceptors (Lipinski definition) is 3. The van der Waals surface area contributed by atoms with Crippen LogP contribution in [0.25, 0.3) is 0 Å². The summed E-state index contributed by atoms with van der Waals surface area (Å²) < 4.78 is 5.15. The highest BCUT2D eigenvalue weighted by Gasteiger charge is 2.22. The van der Waals surface area contributed by atoms with E-state index in [1.165, 1.54) is 0 Å². The number of likely N-dealkylation sites (tertiary alicyclic amines) is 1. The molecule has 88 valence electrons. The Kier molecular flexibility index (Phi) is 5.47. The molecular weight excluding hydrogens is 192 g/mol. The minimum atomic E-state index is -0.154. The molecule has 1 aliphatic heterocycles. The van der Waals surface area contributed by atoms with Gasteiger partial charge in [-0.15, -0.1) is 0 Å². The van der Waals surface area contributed by atoms with Crippen molar-refractivity contribution in [3.8, 4) is 0 Å². The largest absolute Gasteiger partial charge is 0.449 e. The van der Waals surface area contributed by atoms with Gasteiger partial charge in [0.25, 0.3) is 0 Å². The standard InChI is InChI=1S/C11H22N2O2/c1-2-3-8-15-11(14)13-6-4-10(9-12)5-7-13/h10H,2-9,12H2,1H3. The summed E-state index contributed by atoms with van der Waals surface area (Å²) in [4.78, 5) is 13.3. The van der Waals surface area contributed by atoms with Crippen LogP contribution in [-0.4, -0.2) is 37.2 Å². The topological polar surface area (TPSA) is 55.6 Å². The summed E-state index contributed by atoms with van der Waals surface area (Å²) in [6.45, 7) is 4.96. The number of ether oxygens (including phenoxy) is 1. The summed E-state index contributed by atoms with van der Waals surface area (Å²) in [7, 11) is 0. The molecule has 0 spiro atoms. The number of unbranched alkanes of at least 4 members (excludes halogenated alkanes) is 1. The maximum atomic E-state index is 11.5. The number of carbonyl (C=O) groups excluding carboxylic acids is 1. The summed E-state index contributed by atoms with van der Waals surface area (Å²) in [6.07, 6.45) is 3.88. The number of carbonyl (C=O) groups is 1. The SMILES string of the molecule is CCCCOC(=O)N1CCC(CN)CC1. The lowest BCUT2D eigenvalue weighted by Gasteiger charge is -2.30. The molecule has 1 fully saturated rings. The van der Waals surface area contributed by atoms with E-state index in [1.807, 2.05) is 0 Å². The van der Waals surface area contributed by atoms with Crippen molar-refractivity contribution in [3.63, 3.8) is 0 Å². The molecule has 1 saturated heterocycles. The Morgan fingerprint density at radius 1 is 1.47 bits per heavy atom. The van der Waals surface area contributed by atoms with E-state index in [1.54, 1.807) is 4.90 Å². The monoisotopic (exact) mass is 214 g/mol. The third-order valence-electron chi connectivity index (χ3n) is 2.93. The highest BCUT2D eigenvalue weighted by atomic mass is 16.6. The molecule has 0 saturated carbocycles. The van der Waals surface area contributed by atoms with E-state index in [2.05, 4.69) is 6.92 Å². The molecule has 4 heteroatoms. The molecule has 1 amide bonds. The van der Waals surface area contributed by atoms with E-state index < -0.39 is 0 Å². The lowest BCUT2D eigenvalue weighted by atomic mass is 9.97. The molecule has 0 bridgehead atoms. The quantitative estimate of drug-likeness (QED) is 0.723. The predicted molar refractivity (Wildman–Crippen MR) is 59.6 cm³/mol. The molecule has 2 N–H and O–H groups in total. The molecule has 0 radical (unpaired) electrons. The van der Waals surface area contributed by atoms with Gasteiger partial charge in [-0.25, -0.2) is 4.79 Å². The third-order valence-corrected chi connectivity index (χ3v) is 2.93. The minimum Gasteiger partial charge on any atom is -0.449 e. The fraction of sp³-hybridized carbons (Fsp3) is 0.909. The first kappa shape index (κ1) is 12.3. The Morgan fingerprint density at radius 2 is 2.13 bits per heavy atom. The molecule has 0 aliphatic carbocycles. The first-order valence-electron chi connectivity index (χ1n) is 5.89. The van der Waals surface area contributed by atoms with Crippen molar-refractivity contribution in [3.05, 3.63) is 0 Å². The van der Waals surface area contributed by atoms with E-state index in [0.29, 0.717) is 12.5 Å². The van der Waals surface area contributed by atoms with Crippen molar-refractivity contribution in [1.82, 2.24) is 4.90 Å². The van der Waals surface area contributed by atoms with Crippen LogP contribution in [0.4, 0.5) is 4.79 Å². The second kappa shape index (κ2) is 6.67. The van der Waals surface area contributed by atoms with Gasteiger partial charge in [0.05, 0.1) is 6.61 Å². The van der Waals surface area contributed by atoms with Gasteiger partial charge in [-0.3, -0.25) is 0 Å². The zero-order valence-electron chi connectivity index (χ0n) is 9.58. The van der Waals surface area contributed by atoms with Crippen LogP contribution in [0.5, 0.6) is 0 Å². The Bertz CT molecular complexity index is 189. The number of nitrogens with two attached hydrogens (primary N) is 1. The zero-order chi connectivity index (χ0) is 11.1. The van der Waals surface area contributed by atoms with Gasteiger partial charge in [-0.05, 0) is 31.7 Å². The number of hydrogen-bond donors (Lipinski definition) is 1. The number of piperidine rings is 1. The van der Waals surface area contributed by atoms with E-state index in [0.717, 1.165) is 45.3 Å². The van der Waals surface area contributed by atoms with Gasteiger partial charge in [0.2, 0.25) is 0 Å². The number of rotatable bonds is 4. The Morgan fingerprint density at radius 3 is 2.67 bits per heavy atom. The predicted octanol–water partition coefficient (Wildman–Crippen LogP) is 1.59. The van der Waals surface area contributed by atoms with Crippen molar-refractivity contribution in [2.45, 2.75) is 32.6 Å². The lowest BCUT2D eigenvalue weighted by molar-refractivity contribution is 0.0873. The first-order valence-corrected chi connectivity index (χ1v) is 5.89. The van der Waals surface area contributed by atoms with E-state index in [4.69, 9.17) is 10.5 Å². The fourth-order valence-corrected chi connectivity index (χ4v) is 1.75. The van der Waals surface area contributed by atoms with Gasteiger partial charge in [0.1, 0.15) is 0 Å². The van der Waals surface area contributed by atoms with Crippen molar-refractivity contribution < 1.29 is 9.53 Å². The van der Waals surface area contributed by atoms with Crippen molar-refractivity contribution >= 4 is 6.09 Å². The van der Waals surface area contributed by atoms with E-state index in [9.17, 15) is 4.79 Å². The minimum absolute atomic E-state index is 0.154. The van der Waals surface area contributed by atoms with Crippen molar-refractivity contribution in [2.24, 2.45) is 11.7 Å². The molecule has 0 aromatic rings. The van der Waals surface area contributed by atoms with Gasteiger partial charge in [0.15, 0.2) is 0 Å². The van der Waals surface area contributed by atoms with Crippen LogP contribution in [0.3, 0.4) is 0 Å². The molecular formula is C11H22N2O2. The van der Waals surface area contributed by atoms with Gasteiger partial charge in [-0.2, -0.15) is 0 Å². The molecule has 0 aromatic carbocycles. The summed E-state index contributed by atoms with van der Waals surface area (Å²) in [5, 5.41) is 0. The van der Waals surface area contributed by atoms with Crippen molar-refractivity contribution in [2.75, 3.05) is 26.2 Å². The Labute approximate surface area is 91.8 Å². The molecule has 4 nitrogen and oxygen atoms in total. The highest BCUT2D eigenvalue weighted by Crippen LogP contribution is 2.16. The zero-order valence-corrected chi connectivity index (χ0v) is 9.58. The second-order valence-corrected chi connectivity index (χ2v) is 4.13. The van der Waals surface area contributed by atoms with Crippen LogP contribution < -0.4 is 5.73 Å². The van der Waals surface area contributed by atoms with Crippen LogP contribution in [0, 0.1) is 5.92 Å². The van der Waals surface area contributed by atoms with Crippen molar-refractivity contribution in [1.29, 1.82) is 0 Å². The molecule has 1 aliphatic rings. The summed E-state index contributed by atoms with van der Waals surface area (Å²) in [6, 6.07) is 0. The smallest absolute Gasteiger partial charge is 0.409 e. The van der Waals surface area contributed by atoms with Gasteiger partial charge in [0, 0.05) is 13.1 Å². The molecule has 0 atom stereocenters. The van der Waals surface area contributed by atoms with Crippen LogP contribution in [0.2, 0.25) is 0 Å². The highest BCUT2D eigenvalue weighted by molar-refractivity contribution is 5.67. The Hall–Kier alpha value is -0.770. The molecule has 1 heterocycles. The van der Waals surface area contributed by atoms with Crippen LogP contribution >= 0.6 is 0 Å². The summed E-state index contributed by atoms with van der Waals surface area (Å²) >= 11 is 0. The number of nitrogens with zero attached hydrogens (tertiary/aromatic N) is 1. The molecule has 15 heavy (non-hydrogen) atoms. The van der Waals surface area contributed by atoms with E-state index >= 15 is 0 Å². The fourth-order valence-electron chi connectivity index (χ4n) is 1.75. The van der Waals surface area contributed by atoms with Crippen LogP contribution in [0.15, 0.2) is 0 Å². The van der Waals surface area contributed by atoms with Gasteiger partial charge >= 0.3 is 6.09 Å². The summed E-state index contributed by atoms with van der Waals surface area (Å²) in [5.41, 5.74) is 5.59. The maximum absolute atomic E-state index is 11.5. The average molecular weight is 214 g/mol. The molecule has 1 rings (SSSR count). The lowest BCUT2D eigenvalue weighted by Crippen LogP contribution is -2.40. The Balaban J connectivity index is 2.18. The summed E-state index contributed by atoms with van der Waals surface area (Å²) in [5.74, 6) is 0.588. The molecule has 0 unspecified atom stereocenters. The van der Waals surface area contributed by atoms with Crippen LogP contribution in [0.1, 0.15) is 32.6 Å². The van der Waals surface area contributed by atoms with Gasteiger partial charge < -0.3 is 15.4 Å². The average Bonchev–Trinajstić information content (AvgIpc) is 2.29. The first-order chi connectivity index (χ1) is 7.27. The van der Waals surface area contributed by atoms with Crippen LogP contribution in [-0.2, 0) is 4.74 Å². The molecule has 0 aromatic heterocycles.